The second-order valence-electron chi connectivity index (χ2n) is 5.40. The fourth-order valence-electron chi connectivity index (χ4n) is 2.14. The molecule has 2 rings (SSSR count). The molecule has 1 fully saturated rings. The van der Waals surface area contributed by atoms with Crippen molar-refractivity contribution in [3.05, 3.63) is 29.6 Å². The quantitative estimate of drug-likeness (QED) is 0.646. The van der Waals surface area contributed by atoms with Gasteiger partial charge in [-0.1, -0.05) is 0 Å². The highest BCUT2D eigenvalue weighted by atomic mass is 32.2. The fraction of sp³-hybridized carbons (Fsp3) is 0.533. The average molecular weight is 298 g/mol. The van der Waals surface area contributed by atoms with Gasteiger partial charge in [-0.3, -0.25) is 4.79 Å². The first-order valence-corrected chi connectivity index (χ1v) is 7.61. The van der Waals surface area contributed by atoms with Gasteiger partial charge in [0.2, 0.25) is 0 Å². The van der Waals surface area contributed by atoms with Crippen LogP contribution in [0.5, 0.6) is 0 Å². The van der Waals surface area contributed by atoms with Gasteiger partial charge in [0, 0.05) is 10.6 Å². The molecule has 0 unspecified atom stereocenters. The smallest absolute Gasteiger partial charge is 0.306 e. The van der Waals surface area contributed by atoms with Crippen LogP contribution in [0, 0.1) is 11.2 Å². The summed E-state index contributed by atoms with van der Waals surface area (Å²) in [5.41, 5.74) is 0.617. The van der Waals surface area contributed by atoms with Crippen LogP contribution in [0.15, 0.2) is 23.1 Å². The lowest BCUT2D eigenvalue weighted by atomic mass is 10.1. The standard InChI is InChI=1S/C15H19FO3S/c1-10(17)12-7-11(16)3-4-13(12)20-9-15(5-6-15)8-14(18)19-2/h3-4,7,10,17H,5-6,8-9H2,1-2H3/t10-/m1/s1. The summed E-state index contributed by atoms with van der Waals surface area (Å²) in [5, 5.41) is 9.70. The number of carbonyl (C=O) groups is 1. The van der Waals surface area contributed by atoms with Crippen molar-refractivity contribution in [1.82, 2.24) is 0 Å². The average Bonchev–Trinajstić information content (AvgIpc) is 3.17. The van der Waals surface area contributed by atoms with Crippen LogP contribution >= 0.6 is 11.8 Å². The minimum absolute atomic E-state index is 0.0160. The van der Waals surface area contributed by atoms with E-state index in [2.05, 4.69) is 0 Å². The summed E-state index contributed by atoms with van der Waals surface area (Å²) in [6.07, 6.45) is 1.76. The number of aliphatic hydroxyl groups excluding tert-OH is 1. The second-order valence-corrected chi connectivity index (χ2v) is 6.42. The van der Waals surface area contributed by atoms with Gasteiger partial charge in [-0.15, -0.1) is 11.8 Å². The Kier molecular flexibility index (Phi) is 4.70. The molecule has 1 aromatic carbocycles. The topological polar surface area (TPSA) is 46.5 Å². The first-order valence-electron chi connectivity index (χ1n) is 6.63. The van der Waals surface area contributed by atoms with Gasteiger partial charge >= 0.3 is 5.97 Å². The van der Waals surface area contributed by atoms with Crippen LogP contribution in [-0.2, 0) is 9.53 Å². The number of methoxy groups -OCH3 is 1. The zero-order chi connectivity index (χ0) is 14.8. The zero-order valence-electron chi connectivity index (χ0n) is 11.7. The van der Waals surface area contributed by atoms with Gasteiger partial charge in [-0.05, 0) is 48.9 Å². The van der Waals surface area contributed by atoms with Crippen LogP contribution in [0.4, 0.5) is 4.39 Å². The maximum absolute atomic E-state index is 13.2. The molecule has 0 aromatic heterocycles. The van der Waals surface area contributed by atoms with Gasteiger partial charge in [0.25, 0.3) is 0 Å². The number of carbonyl (C=O) groups excluding carboxylic acids is 1. The molecule has 0 heterocycles. The number of thioether (sulfide) groups is 1. The monoisotopic (exact) mass is 298 g/mol. The number of hydrogen-bond donors (Lipinski definition) is 1. The Bertz CT molecular complexity index is 498. The Morgan fingerprint density at radius 1 is 1.55 bits per heavy atom. The van der Waals surface area contributed by atoms with Crippen LogP contribution in [0.2, 0.25) is 0 Å². The van der Waals surface area contributed by atoms with E-state index in [0.29, 0.717) is 12.0 Å². The summed E-state index contributed by atoms with van der Waals surface area (Å²) in [5.74, 6) is 0.256. The van der Waals surface area contributed by atoms with Gasteiger partial charge in [-0.25, -0.2) is 4.39 Å². The predicted molar refractivity (Wildman–Crippen MR) is 76.1 cm³/mol. The lowest BCUT2D eigenvalue weighted by Gasteiger charge is -2.16. The highest BCUT2D eigenvalue weighted by Crippen LogP contribution is 2.52. The third-order valence-electron chi connectivity index (χ3n) is 3.66. The zero-order valence-corrected chi connectivity index (χ0v) is 12.5. The molecule has 1 saturated carbocycles. The van der Waals surface area contributed by atoms with E-state index >= 15 is 0 Å². The molecular formula is C15H19FO3S. The largest absolute Gasteiger partial charge is 0.469 e. The van der Waals surface area contributed by atoms with E-state index in [1.54, 1.807) is 24.8 Å². The SMILES string of the molecule is COC(=O)CC1(CSc2ccc(F)cc2[C@@H](C)O)CC1. The molecule has 1 aliphatic carbocycles. The summed E-state index contributed by atoms with van der Waals surface area (Å²) in [6, 6.07) is 4.46. The van der Waals surface area contributed by atoms with Crippen LogP contribution in [0.25, 0.3) is 0 Å². The van der Waals surface area contributed by atoms with Crippen molar-refractivity contribution >= 4 is 17.7 Å². The number of ether oxygens (including phenoxy) is 1. The highest BCUT2D eigenvalue weighted by Gasteiger charge is 2.44. The van der Waals surface area contributed by atoms with Gasteiger partial charge in [0.1, 0.15) is 5.82 Å². The molecular weight excluding hydrogens is 279 g/mol. The number of hydrogen-bond acceptors (Lipinski definition) is 4. The van der Waals surface area contributed by atoms with Crippen molar-refractivity contribution in [2.24, 2.45) is 5.41 Å². The molecule has 0 spiro atoms. The third-order valence-corrected chi connectivity index (χ3v) is 5.10. The highest BCUT2D eigenvalue weighted by molar-refractivity contribution is 7.99. The molecule has 1 aromatic rings. The van der Waals surface area contributed by atoms with Crippen LogP contribution in [0.3, 0.4) is 0 Å². The van der Waals surface area contributed by atoms with Crippen molar-refractivity contribution in [3.8, 4) is 0 Å². The summed E-state index contributed by atoms with van der Waals surface area (Å²) in [7, 11) is 1.40. The molecule has 0 amide bonds. The Balaban J connectivity index is 2.02. The first kappa shape index (κ1) is 15.3. The van der Waals surface area contributed by atoms with E-state index in [1.807, 2.05) is 0 Å². The maximum atomic E-state index is 13.2. The lowest BCUT2D eigenvalue weighted by molar-refractivity contribution is -0.141. The van der Waals surface area contributed by atoms with E-state index < -0.39 is 6.10 Å². The summed E-state index contributed by atoms with van der Waals surface area (Å²) in [6.45, 7) is 1.63. The van der Waals surface area contributed by atoms with Crippen LogP contribution < -0.4 is 0 Å². The summed E-state index contributed by atoms with van der Waals surface area (Å²) in [4.78, 5) is 12.3. The third kappa shape index (κ3) is 3.73. The van der Waals surface area contributed by atoms with E-state index in [9.17, 15) is 14.3 Å². The van der Waals surface area contributed by atoms with Crippen molar-refractivity contribution in [2.45, 2.75) is 37.2 Å². The Morgan fingerprint density at radius 3 is 2.80 bits per heavy atom. The maximum Gasteiger partial charge on any atom is 0.306 e. The van der Waals surface area contributed by atoms with E-state index in [1.165, 1.54) is 19.2 Å². The summed E-state index contributed by atoms with van der Waals surface area (Å²) >= 11 is 1.57. The minimum Gasteiger partial charge on any atom is -0.469 e. The van der Waals surface area contributed by atoms with Crippen LogP contribution in [0.1, 0.15) is 37.9 Å². The number of aliphatic hydroxyl groups is 1. The molecule has 20 heavy (non-hydrogen) atoms. The van der Waals surface area contributed by atoms with E-state index in [0.717, 1.165) is 23.5 Å². The molecule has 0 bridgehead atoms. The minimum atomic E-state index is -0.705. The Labute approximate surface area is 122 Å². The number of esters is 1. The van der Waals surface area contributed by atoms with Crippen molar-refractivity contribution in [1.29, 1.82) is 0 Å². The molecule has 1 aliphatic rings. The van der Waals surface area contributed by atoms with Gasteiger partial charge in [0.15, 0.2) is 0 Å². The number of halogens is 1. The fourth-order valence-corrected chi connectivity index (χ4v) is 3.55. The molecule has 1 atom stereocenters. The van der Waals surface area contributed by atoms with Gasteiger partial charge in [0.05, 0.1) is 19.6 Å². The number of rotatable bonds is 6. The van der Waals surface area contributed by atoms with Crippen molar-refractivity contribution < 1.29 is 19.0 Å². The molecule has 5 heteroatoms. The molecule has 1 N–H and O–H groups in total. The molecule has 0 aliphatic heterocycles. The normalized spacial score (nSPS) is 17.6. The van der Waals surface area contributed by atoms with E-state index in [-0.39, 0.29) is 17.2 Å². The Hall–Kier alpha value is -1.07. The lowest BCUT2D eigenvalue weighted by Crippen LogP contribution is -2.13. The van der Waals surface area contributed by atoms with Gasteiger partial charge in [-0.2, -0.15) is 0 Å². The van der Waals surface area contributed by atoms with Crippen LogP contribution in [-0.4, -0.2) is 23.9 Å². The predicted octanol–water partition coefficient (Wildman–Crippen LogP) is 3.31. The van der Waals surface area contributed by atoms with Gasteiger partial charge < -0.3 is 9.84 Å². The summed E-state index contributed by atoms with van der Waals surface area (Å²) < 4.78 is 17.9. The second kappa shape index (κ2) is 6.14. The van der Waals surface area contributed by atoms with Crippen molar-refractivity contribution in [3.63, 3.8) is 0 Å². The molecule has 3 nitrogen and oxygen atoms in total. The van der Waals surface area contributed by atoms with Crippen molar-refractivity contribution in [2.75, 3.05) is 12.9 Å². The van der Waals surface area contributed by atoms with E-state index in [4.69, 9.17) is 4.74 Å². The first-order chi connectivity index (χ1) is 9.46. The molecule has 110 valence electrons. The Morgan fingerprint density at radius 2 is 2.25 bits per heavy atom. The molecule has 0 saturated heterocycles. The number of benzene rings is 1. The molecule has 0 radical (unpaired) electrons.